The Balaban J connectivity index is 1.50. The zero-order chi connectivity index (χ0) is 14.2. The molecule has 1 aromatic heterocycles. The van der Waals surface area contributed by atoms with Crippen molar-refractivity contribution in [1.29, 1.82) is 0 Å². The van der Waals surface area contributed by atoms with Crippen molar-refractivity contribution in [2.75, 3.05) is 19.7 Å². The zero-order valence-electron chi connectivity index (χ0n) is 12.0. The van der Waals surface area contributed by atoms with E-state index in [1.165, 1.54) is 5.56 Å². The minimum absolute atomic E-state index is 0.0355. The molecule has 1 fully saturated rings. The molecule has 1 saturated heterocycles. The number of amides is 1. The molecule has 110 valence electrons. The van der Waals surface area contributed by atoms with E-state index >= 15 is 0 Å². The van der Waals surface area contributed by atoms with Crippen molar-refractivity contribution in [2.24, 2.45) is 5.92 Å². The second-order valence-electron chi connectivity index (χ2n) is 5.26. The van der Waals surface area contributed by atoms with Gasteiger partial charge in [-0.05, 0) is 37.9 Å². The van der Waals surface area contributed by atoms with Gasteiger partial charge in [-0.3, -0.25) is 9.78 Å². The molecule has 1 aliphatic rings. The van der Waals surface area contributed by atoms with Gasteiger partial charge in [-0.2, -0.15) is 0 Å². The van der Waals surface area contributed by atoms with Crippen molar-refractivity contribution in [3.63, 3.8) is 0 Å². The van der Waals surface area contributed by atoms with Gasteiger partial charge in [0, 0.05) is 25.5 Å². The minimum atomic E-state index is 0.0355. The van der Waals surface area contributed by atoms with Gasteiger partial charge in [-0.25, -0.2) is 0 Å². The Kier molecular flexibility index (Phi) is 5.95. The molecule has 2 atom stereocenters. The molecule has 5 nitrogen and oxygen atoms in total. The van der Waals surface area contributed by atoms with E-state index < -0.39 is 0 Å². The van der Waals surface area contributed by atoms with Gasteiger partial charge in [0.25, 0.3) is 0 Å². The normalized spacial score (nSPS) is 21.9. The van der Waals surface area contributed by atoms with E-state index in [4.69, 9.17) is 4.74 Å². The summed E-state index contributed by atoms with van der Waals surface area (Å²) in [5, 5.41) is 6.31. The van der Waals surface area contributed by atoms with E-state index in [0.29, 0.717) is 13.2 Å². The monoisotopic (exact) mass is 277 g/mol. The molecule has 0 saturated carbocycles. The number of hydrogen-bond donors (Lipinski definition) is 2. The summed E-state index contributed by atoms with van der Waals surface area (Å²) in [7, 11) is 0. The van der Waals surface area contributed by atoms with E-state index in [-0.39, 0.29) is 17.9 Å². The third-order valence-corrected chi connectivity index (χ3v) is 3.45. The Morgan fingerprint density at radius 1 is 1.50 bits per heavy atom. The quantitative estimate of drug-likeness (QED) is 0.733. The van der Waals surface area contributed by atoms with Crippen LogP contribution in [0.4, 0.5) is 0 Å². The highest BCUT2D eigenvalue weighted by Crippen LogP contribution is 2.18. The number of rotatable bonds is 7. The average molecular weight is 277 g/mol. The summed E-state index contributed by atoms with van der Waals surface area (Å²) >= 11 is 0. The van der Waals surface area contributed by atoms with Gasteiger partial charge in [0.2, 0.25) is 5.91 Å². The van der Waals surface area contributed by atoms with E-state index in [2.05, 4.69) is 15.6 Å². The van der Waals surface area contributed by atoms with Crippen LogP contribution in [0.5, 0.6) is 0 Å². The number of hydrogen-bond acceptors (Lipinski definition) is 4. The Bertz CT molecular complexity index is 411. The number of nitrogens with one attached hydrogen (secondary N) is 2. The molecular weight excluding hydrogens is 254 g/mol. The molecule has 0 radical (unpaired) electrons. The molecule has 2 heterocycles. The van der Waals surface area contributed by atoms with Gasteiger partial charge in [-0.1, -0.05) is 6.07 Å². The molecule has 0 spiro atoms. The second kappa shape index (κ2) is 7.97. The molecule has 1 aromatic rings. The minimum Gasteiger partial charge on any atom is -0.378 e. The molecule has 0 aromatic carbocycles. The van der Waals surface area contributed by atoms with Gasteiger partial charge in [-0.15, -0.1) is 0 Å². The lowest BCUT2D eigenvalue weighted by Crippen LogP contribution is -2.33. The third-order valence-electron chi connectivity index (χ3n) is 3.45. The summed E-state index contributed by atoms with van der Waals surface area (Å²) in [6.45, 7) is 4.98. The number of carbonyl (C=O) groups is 1. The molecule has 20 heavy (non-hydrogen) atoms. The van der Waals surface area contributed by atoms with Crippen LogP contribution in [0.15, 0.2) is 24.5 Å². The highest BCUT2D eigenvalue weighted by Gasteiger charge is 2.27. The predicted octanol–water partition coefficient (Wildman–Crippen LogP) is 1.10. The van der Waals surface area contributed by atoms with E-state index in [1.54, 1.807) is 6.20 Å². The number of nitrogens with zero attached hydrogens (tertiary/aromatic N) is 1. The molecule has 0 bridgehead atoms. The van der Waals surface area contributed by atoms with Crippen LogP contribution < -0.4 is 10.6 Å². The van der Waals surface area contributed by atoms with Gasteiger partial charge < -0.3 is 15.4 Å². The van der Waals surface area contributed by atoms with Crippen molar-refractivity contribution in [3.05, 3.63) is 30.1 Å². The van der Waals surface area contributed by atoms with Crippen molar-refractivity contribution in [2.45, 2.75) is 32.4 Å². The maximum absolute atomic E-state index is 11.8. The largest absolute Gasteiger partial charge is 0.378 e. The molecule has 1 amide bonds. The van der Waals surface area contributed by atoms with Crippen LogP contribution in [-0.4, -0.2) is 36.7 Å². The molecular formula is C15H23N3O2. The summed E-state index contributed by atoms with van der Waals surface area (Å²) in [5.74, 6) is 0.162. The topological polar surface area (TPSA) is 63.2 Å². The zero-order valence-corrected chi connectivity index (χ0v) is 12.0. The summed E-state index contributed by atoms with van der Waals surface area (Å²) in [6, 6.07) is 3.98. The van der Waals surface area contributed by atoms with Crippen LogP contribution in [0.1, 0.15) is 25.3 Å². The smallest absolute Gasteiger partial charge is 0.225 e. The Hall–Kier alpha value is -1.46. The van der Waals surface area contributed by atoms with Crippen LogP contribution in [0.3, 0.4) is 0 Å². The Morgan fingerprint density at radius 2 is 2.40 bits per heavy atom. The van der Waals surface area contributed by atoms with Gasteiger partial charge in [0.1, 0.15) is 0 Å². The van der Waals surface area contributed by atoms with Crippen LogP contribution >= 0.6 is 0 Å². The fourth-order valence-corrected chi connectivity index (χ4v) is 2.30. The first kappa shape index (κ1) is 14.9. The number of carbonyl (C=O) groups excluding carboxylic acids is 1. The summed E-state index contributed by atoms with van der Waals surface area (Å²) in [6.07, 6.45) is 5.61. The number of aromatic nitrogens is 1. The highest BCUT2D eigenvalue weighted by molar-refractivity contribution is 5.79. The Labute approximate surface area is 120 Å². The Morgan fingerprint density at radius 3 is 3.10 bits per heavy atom. The summed E-state index contributed by atoms with van der Waals surface area (Å²) in [4.78, 5) is 15.9. The van der Waals surface area contributed by atoms with E-state index in [0.717, 1.165) is 25.9 Å². The maximum atomic E-state index is 11.8. The number of pyridine rings is 1. The lowest BCUT2D eigenvalue weighted by atomic mass is 10.1. The standard InChI is InChI=1S/C15H23N3O2/c1-12-8-14(11-20-12)15(19)18-7-3-6-17-10-13-4-2-5-16-9-13/h2,4-5,9,12,14,17H,3,6-8,10-11H2,1H3,(H,18,19). The fourth-order valence-electron chi connectivity index (χ4n) is 2.30. The van der Waals surface area contributed by atoms with Crippen molar-refractivity contribution >= 4 is 5.91 Å². The van der Waals surface area contributed by atoms with Crippen LogP contribution in [0, 0.1) is 5.92 Å². The molecule has 2 rings (SSSR count). The van der Waals surface area contributed by atoms with E-state index in [1.807, 2.05) is 25.3 Å². The third kappa shape index (κ3) is 4.90. The molecule has 1 aliphatic heterocycles. The van der Waals surface area contributed by atoms with Crippen LogP contribution in [0.2, 0.25) is 0 Å². The predicted molar refractivity (Wildman–Crippen MR) is 77.1 cm³/mol. The second-order valence-corrected chi connectivity index (χ2v) is 5.26. The summed E-state index contributed by atoms with van der Waals surface area (Å²) in [5.41, 5.74) is 1.17. The SMILES string of the molecule is CC1CC(C(=O)NCCCNCc2cccnc2)CO1. The fraction of sp³-hybridized carbons (Fsp3) is 0.600. The first-order valence-electron chi connectivity index (χ1n) is 7.24. The lowest BCUT2D eigenvalue weighted by molar-refractivity contribution is -0.124. The van der Waals surface area contributed by atoms with E-state index in [9.17, 15) is 4.79 Å². The highest BCUT2D eigenvalue weighted by atomic mass is 16.5. The molecule has 5 heteroatoms. The first-order chi connectivity index (χ1) is 9.75. The van der Waals surface area contributed by atoms with Gasteiger partial charge >= 0.3 is 0 Å². The summed E-state index contributed by atoms with van der Waals surface area (Å²) < 4.78 is 5.40. The average Bonchev–Trinajstić information content (AvgIpc) is 2.90. The molecule has 0 aliphatic carbocycles. The lowest BCUT2D eigenvalue weighted by Gasteiger charge is -2.09. The van der Waals surface area contributed by atoms with Crippen LogP contribution in [-0.2, 0) is 16.1 Å². The van der Waals surface area contributed by atoms with Crippen molar-refractivity contribution in [1.82, 2.24) is 15.6 Å². The molecule has 2 N–H and O–H groups in total. The van der Waals surface area contributed by atoms with Gasteiger partial charge in [0.05, 0.1) is 18.6 Å². The van der Waals surface area contributed by atoms with Crippen molar-refractivity contribution < 1.29 is 9.53 Å². The maximum Gasteiger partial charge on any atom is 0.225 e. The first-order valence-corrected chi connectivity index (χ1v) is 7.24. The molecule has 2 unspecified atom stereocenters. The van der Waals surface area contributed by atoms with Crippen LogP contribution in [0.25, 0.3) is 0 Å². The van der Waals surface area contributed by atoms with Crippen molar-refractivity contribution in [3.8, 4) is 0 Å². The number of ether oxygens (including phenoxy) is 1. The van der Waals surface area contributed by atoms with Gasteiger partial charge in [0.15, 0.2) is 0 Å².